The maximum atomic E-state index is 16.3. The molecule has 0 unspecified atom stereocenters. The number of halogens is 1. The van der Waals surface area contributed by atoms with Gasteiger partial charge in [-0.1, -0.05) is 5.16 Å². The molecule has 3 aliphatic rings. The van der Waals surface area contributed by atoms with Gasteiger partial charge in [-0.15, -0.1) is 0 Å². The van der Waals surface area contributed by atoms with Gasteiger partial charge >= 0.3 is 6.03 Å². The van der Waals surface area contributed by atoms with Crippen LogP contribution in [0.3, 0.4) is 0 Å². The highest BCUT2D eigenvalue weighted by Gasteiger charge is 2.63. The van der Waals surface area contributed by atoms with Crippen LogP contribution in [0.2, 0.25) is 0 Å². The fourth-order valence-corrected chi connectivity index (χ4v) is 6.13. The van der Waals surface area contributed by atoms with E-state index in [1.807, 2.05) is 6.92 Å². The maximum Gasteiger partial charge on any atom is 0.328 e. The molecule has 2 N–H and O–H groups in total. The van der Waals surface area contributed by atoms with Crippen LogP contribution in [0.4, 0.5) is 14.9 Å². The highest BCUT2D eigenvalue weighted by molar-refractivity contribution is 6.20. The summed E-state index contributed by atoms with van der Waals surface area (Å²) in [6.07, 6.45) is 5.17. The molecule has 1 spiro atoms. The van der Waals surface area contributed by atoms with Crippen molar-refractivity contribution in [2.24, 2.45) is 5.41 Å². The highest BCUT2D eigenvalue weighted by atomic mass is 19.1. The van der Waals surface area contributed by atoms with Crippen molar-refractivity contribution in [2.75, 3.05) is 11.4 Å². The SMILES string of the molecule is C[C@@H]1CN2c3c(cc4c(-n5cc(-c6ccncn6)cn5)noc4c3F)CC3(C(=O)NC(=O)NC3=O)[C@H]2[C@H](C)O1. The second-order valence-electron chi connectivity index (χ2n) is 9.98. The van der Waals surface area contributed by atoms with Gasteiger partial charge in [-0.05, 0) is 31.5 Å². The lowest BCUT2D eigenvalue weighted by atomic mass is 9.66. The second kappa shape index (κ2) is 8.14. The lowest BCUT2D eigenvalue weighted by Crippen LogP contribution is -2.75. The summed E-state index contributed by atoms with van der Waals surface area (Å²) in [5.74, 6) is -1.96. The summed E-state index contributed by atoms with van der Waals surface area (Å²) in [6, 6.07) is 1.62. The maximum absolute atomic E-state index is 16.3. The first-order chi connectivity index (χ1) is 18.8. The van der Waals surface area contributed by atoms with Gasteiger partial charge in [0.05, 0.1) is 41.2 Å². The van der Waals surface area contributed by atoms with Gasteiger partial charge < -0.3 is 14.2 Å². The fourth-order valence-electron chi connectivity index (χ4n) is 6.13. The molecule has 0 aliphatic carbocycles. The first-order valence-corrected chi connectivity index (χ1v) is 12.3. The monoisotopic (exact) mass is 532 g/mol. The van der Waals surface area contributed by atoms with E-state index in [9.17, 15) is 14.4 Å². The summed E-state index contributed by atoms with van der Waals surface area (Å²) in [5, 5.41) is 13.2. The number of ether oxygens (including phenoxy) is 1. The van der Waals surface area contributed by atoms with Crippen molar-refractivity contribution in [1.82, 2.24) is 35.5 Å². The minimum atomic E-state index is -1.73. The number of hydrogen-bond donors (Lipinski definition) is 2. The Bertz CT molecular complexity index is 1660. The van der Waals surface area contributed by atoms with Gasteiger partial charge in [0.1, 0.15) is 6.33 Å². The second-order valence-corrected chi connectivity index (χ2v) is 9.98. The Kier molecular flexibility index (Phi) is 4.88. The number of benzene rings is 1. The molecule has 0 saturated carbocycles. The van der Waals surface area contributed by atoms with Crippen LogP contribution in [-0.2, 0) is 20.7 Å². The topological polar surface area (TPSA) is 157 Å². The molecule has 4 amide bonds. The van der Waals surface area contributed by atoms with Crippen molar-refractivity contribution in [3.8, 4) is 17.1 Å². The number of anilines is 1. The van der Waals surface area contributed by atoms with Crippen molar-refractivity contribution < 1.29 is 28.0 Å². The minimum Gasteiger partial charge on any atom is -0.372 e. The Labute approximate surface area is 219 Å². The van der Waals surface area contributed by atoms with E-state index in [-0.39, 0.29) is 36.2 Å². The summed E-state index contributed by atoms with van der Waals surface area (Å²) in [5.41, 5.74) is 0.110. The molecular formula is C25H21FN8O5. The third kappa shape index (κ3) is 3.24. The average molecular weight is 532 g/mol. The highest BCUT2D eigenvalue weighted by Crippen LogP contribution is 2.49. The van der Waals surface area contributed by atoms with Gasteiger partial charge in [-0.25, -0.2) is 23.8 Å². The Balaban J connectivity index is 1.40. The van der Waals surface area contributed by atoms with Crippen LogP contribution in [0.1, 0.15) is 19.4 Å². The Hall–Kier alpha value is -4.72. The van der Waals surface area contributed by atoms with Gasteiger partial charge in [0, 0.05) is 30.9 Å². The van der Waals surface area contributed by atoms with E-state index in [4.69, 9.17) is 9.26 Å². The lowest BCUT2D eigenvalue weighted by molar-refractivity contribution is -0.153. The summed E-state index contributed by atoms with van der Waals surface area (Å²) in [7, 11) is 0. The lowest BCUT2D eigenvalue weighted by Gasteiger charge is -2.55. The smallest absolute Gasteiger partial charge is 0.328 e. The van der Waals surface area contributed by atoms with Crippen molar-refractivity contribution in [1.29, 1.82) is 0 Å². The molecule has 4 aromatic rings. The van der Waals surface area contributed by atoms with E-state index < -0.39 is 41.2 Å². The number of fused-ring (bicyclic) bond motifs is 5. The first kappa shape index (κ1) is 23.4. The zero-order valence-electron chi connectivity index (χ0n) is 20.7. The minimum absolute atomic E-state index is 0.0861. The molecule has 2 saturated heterocycles. The molecule has 39 heavy (non-hydrogen) atoms. The van der Waals surface area contributed by atoms with Crippen molar-refractivity contribution in [2.45, 2.75) is 38.5 Å². The van der Waals surface area contributed by atoms with E-state index in [2.05, 4.69) is 30.9 Å². The number of hydrogen-bond acceptors (Lipinski definition) is 10. The zero-order chi connectivity index (χ0) is 27.1. The van der Waals surface area contributed by atoms with Gasteiger partial charge in [-0.3, -0.25) is 20.2 Å². The Morgan fingerprint density at radius 3 is 2.72 bits per heavy atom. The number of carbonyl (C=O) groups excluding carboxylic acids is 3. The number of rotatable bonds is 2. The molecule has 1 aromatic carbocycles. The molecule has 3 atom stereocenters. The Morgan fingerprint density at radius 2 is 1.97 bits per heavy atom. The fraction of sp³-hybridized carbons (Fsp3) is 0.320. The summed E-state index contributed by atoms with van der Waals surface area (Å²) < 4.78 is 29.2. The van der Waals surface area contributed by atoms with Gasteiger partial charge in [0.2, 0.25) is 23.2 Å². The van der Waals surface area contributed by atoms with Gasteiger partial charge in [0.25, 0.3) is 0 Å². The van der Waals surface area contributed by atoms with Crippen LogP contribution in [0.25, 0.3) is 28.0 Å². The number of aromatic nitrogens is 5. The van der Waals surface area contributed by atoms with Crippen LogP contribution in [0.5, 0.6) is 0 Å². The van der Waals surface area contributed by atoms with Crippen molar-refractivity contribution in [3.05, 3.63) is 48.4 Å². The van der Waals surface area contributed by atoms with Gasteiger partial charge in [-0.2, -0.15) is 5.10 Å². The molecular weight excluding hydrogens is 511 g/mol. The third-order valence-electron chi connectivity index (χ3n) is 7.62. The molecule has 0 radical (unpaired) electrons. The third-order valence-corrected chi connectivity index (χ3v) is 7.62. The molecule has 3 aromatic heterocycles. The predicted molar refractivity (Wildman–Crippen MR) is 131 cm³/mol. The number of amides is 4. The quantitative estimate of drug-likeness (QED) is 0.363. The number of morpholine rings is 1. The van der Waals surface area contributed by atoms with E-state index >= 15 is 4.39 Å². The van der Waals surface area contributed by atoms with Gasteiger partial charge in [0.15, 0.2) is 11.2 Å². The normalized spacial score (nSPS) is 23.9. The number of barbiturate groups is 1. The first-order valence-electron chi connectivity index (χ1n) is 12.3. The number of urea groups is 1. The molecule has 198 valence electrons. The van der Waals surface area contributed by atoms with Crippen molar-refractivity contribution in [3.63, 3.8) is 0 Å². The molecule has 7 rings (SSSR count). The van der Waals surface area contributed by atoms with E-state index in [0.29, 0.717) is 22.2 Å². The van der Waals surface area contributed by atoms with Crippen molar-refractivity contribution >= 4 is 34.5 Å². The van der Waals surface area contributed by atoms with E-state index in [1.165, 1.54) is 11.0 Å². The number of imide groups is 2. The van der Waals surface area contributed by atoms with Crippen LogP contribution >= 0.6 is 0 Å². The molecule has 13 nitrogen and oxygen atoms in total. The molecule has 6 heterocycles. The van der Waals surface area contributed by atoms with E-state index in [1.54, 1.807) is 42.5 Å². The number of nitrogens with zero attached hydrogens (tertiary/aromatic N) is 6. The summed E-state index contributed by atoms with van der Waals surface area (Å²) in [4.78, 5) is 48.5. The number of nitrogens with one attached hydrogen (secondary N) is 2. The molecule has 14 heteroatoms. The summed E-state index contributed by atoms with van der Waals surface area (Å²) in [6.45, 7) is 3.77. The van der Waals surface area contributed by atoms with E-state index in [0.717, 1.165) is 0 Å². The van der Waals surface area contributed by atoms with Crippen LogP contribution in [-0.4, -0.2) is 67.5 Å². The van der Waals surface area contributed by atoms with Crippen LogP contribution < -0.4 is 15.5 Å². The molecule has 3 aliphatic heterocycles. The summed E-state index contributed by atoms with van der Waals surface area (Å²) >= 11 is 0. The molecule has 2 fully saturated rings. The largest absolute Gasteiger partial charge is 0.372 e. The zero-order valence-corrected chi connectivity index (χ0v) is 20.7. The predicted octanol–water partition coefficient (Wildman–Crippen LogP) is 1.50. The number of carbonyl (C=O) groups is 3. The van der Waals surface area contributed by atoms with Crippen LogP contribution in [0.15, 0.2) is 41.6 Å². The standard InChI is InChI=1S/C25H21FN8O5/c1-11-8-33-18-13(6-25(20(33)12(2)38-11)22(35)30-24(37)31-23(25)36)5-15-19(17(18)26)39-32-21(15)34-9-14(7-29-34)16-3-4-27-10-28-16/h3-5,7,9-12,20H,6,8H2,1-2H3,(H2,30,31,35,36,37)/t11-,12+,20-/m1/s1. The Morgan fingerprint density at radius 1 is 1.18 bits per heavy atom. The average Bonchev–Trinajstić information content (AvgIpc) is 3.55. The van der Waals surface area contributed by atoms with Crippen LogP contribution in [0, 0.1) is 11.2 Å². The molecule has 0 bridgehead atoms.